The van der Waals surface area contributed by atoms with E-state index in [1.807, 2.05) is 0 Å². The standard InChI is InChI=1S/C17H18F3N3O2S/c1-3-5-12(6-4-2)15-11-16(17(18,19)20)22-23(15)13-7-9-14(10-8-13)26(21,24)25/h3-10,15H,1,11H2,2H3,(H2,21,24,25)/b6-4-,12-5+. The van der Waals surface area contributed by atoms with Gasteiger partial charge in [0.1, 0.15) is 5.71 Å². The highest BCUT2D eigenvalue weighted by Crippen LogP contribution is 2.34. The second kappa shape index (κ2) is 7.46. The van der Waals surface area contributed by atoms with Crippen molar-refractivity contribution in [1.82, 2.24) is 0 Å². The number of hydrogen-bond donors (Lipinski definition) is 1. The molecular weight excluding hydrogens is 367 g/mol. The Bertz CT molecular complexity index is 870. The lowest BCUT2D eigenvalue weighted by Crippen LogP contribution is -2.28. The number of primary sulfonamides is 1. The molecule has 1 unspecified atom stereocenters. The third kappa shape index (κ3) is 4.41. The topological polar surface area (TPSA) is 75.8 Å². The van der Waals surface area contributed by atoms with Gasteiger partial charge in [-0.25, -0.2) is 13.6 Å². The smallest absolute Gasteiger partial charge is 0.257 e. The van der Waals surface area contributed by atoms with Crippen molar-refractivity contribution in [3.8, 4) is 0 Å². The van der Waals surface area contributed by atoms with E-state index in [2.05, 4.69) is 11.7 Å². The molecule has 0 bridgehead atoms. The second-order valence-corrected chi connectivity index (χ2v) is 7.11. The first-order valence-electron chi connectivity index (χ1n) is 7.60. The molecule has 0 radical (unpaired) electrons. The van der Waals surface area contributed by atoms with E-state index in [1.54, 1.807) is 25.2 Å². The molecule has 0 saturated heterocycles. The fraction of sp³-hybridized carbons (Fsp3) is 0.235. The Labute approximate surface area is 150 Å². The van der Waals surface area contributed by atoms with Crippen LogP contribution in [0.2, 0.25) is 0 Å². The summed E-state index contributed by atoms with van der Waals surface area (Å²) in [7, 11) is -3.89. The van der Waals surface area contributed by atoms with Crippen LogP contribution < -0.4 is 10.1 Å². The number of rotatable bonds is 5. The Morgan fingerprint density at radius 3 is 2.42 bits per heavy atom. The SMILES string of the molecule is C=C/C=C(\C=C/C)C1CC(C(F)(F)F)=NN1c1ccc(S(N)(=O)=O)cc1. The molecule has 5 nitrogen and oxygen atoms in total. The number of allylic oxidation sites excluding steroid dienone is 3. The molecule has 0 saturated carbocycles. The lowest BCUT2D eigenvalue weighted by Gasteiger charge is -2.24. The van der Waals surface area contributed by atoms with Gasteiger partial charge in [0.15, 0.2) is 0 Å². The number of halogens is 3. The first-order valence-corrected chi connectivity index (χ1v) is 9.14. The van der Waals surface area contributed by atoms with Gasteiger partial charge in [0.05, 0.1) is 16.6 Å². The third-order valence-corrected chi connectivity index (χ3v) is 4.65. The number of nitrogens with two attached hydrogens (primary N) is 1. The Morgan fingerprint density at radius 1 is 1.35 bits per heavy atom. The van der Waals surface area contributed by atoms with Gasteiger partial charge in [-0.05, 0) is 36.8 Å². The largest absolute Gasteiger partial charge is 0.431 e. The van der Waals surface area contributed by atoms with Crippen molar-refractivity contribution in [3.63, 3.8) is 0 Å². The van der Waals surface area contributed by atoms with Crippen LogP contribution in [0.25, 0.3) is 0 Å². The molecule has 1 aromatic carbocycles. The highest BCUT2D eigenvalue weighted by molar-refractivity contribution is 7.89. The van der Waals surface area contributed by atoms with E-state index in [4.69, 9.17) is 5.14 Å². The minimum absolute atomic E-state index is 0.132. The van der Waals surface area contributed by atoms with Crippen molar-refractivity contribution in [2.24, 2.45) is 10.2 Å². The van der Waals surface area contributed by atoms with E-state index >= 15 is 0 Å². The van der Waals surface area contributed by atoms with Gasteiger partial charge < -0.3 is 0 Å². The normalized spacial score (nSPS) is 19.1. The van der Waals surface area contributed by atoms with Crippen LogP contribution in [0.15, 0.2) is 70.7 Å². The van der Waals surface area contributed by atoms with Crippen LogP contribution >= 0.6 is 0 Å². The maximum absolute atomic E-state index is 13.2. The van der Waals surface area contributed by atoms with Gasteiger partial charge in [0.2, 0.25) is 10.0 Å². The van der Waals surface area contributed by atoms with Crippen LogP contribution in [0.1, 0.15) is 13.3 Å². The molecule has 9 heteroatoms. The average molecular weight is 385 g/mol. The number of anilines is 1. The Balaban J connectivity index is 2.50. The molecule has 26 heavy (non-hydrogen) atoms. The van der Waals surface area contributed by atoms with Gasteiger partial charge in [0.25, 0.3) is 0 Å². The Hall–Kier alpha value is -2.39. The van der Waals surface area contributed by atoms with Crippen molar-refractivity contribution < 1.29 is 21.6 Å². The third-order valence-electron chi connectivity index (χ3n) is 3.72. The van der Waals surface area contributed by atoms with Crippen molar-refractivity contribution in [3.05, 3.63) is 60.7 Å². The van der Waals surface area contributed by atoms with Gasteiger partial charge in [-0.3, -0.25) is 5.01 Å². The van der Waals surface area contributed by atoms with Gasteiger partial charge in [-0.1, -0.05) is 30.9 Å². The molecule has 2 rings (SSSR count). The summed E-state index contributed by atoms with van der Waals surface area (Å²) in [4.78, 5) is -0.132. The monoisotopic (exact) mass is 385 g/mol. The average Bonchev–Trinajstić information content (AvgIpc) is 2.99. The van der Waals surface area contributed by atoms with E-state index in [-0.39, 0.29) is 11.3 Å². The highest BCUT2D eigenvalue weighted by atomic mass is 32.2. The van der Waals surface area contributed by atoms with E-state index in [0.29, 0.717) is 11.3 Å². The molecular formula is C17H18F3N3O2S. The van der Waals surface area contributed by atoms with Gasteiger partial charge in [-0.15, -0.1) is 0 Å². The molecule has 0 fully saturated rings. The summed E-state index contributed by atoms with van der Waals surface area (Å²) in [5, 5.41) is 10.00. The highest BCUT2D eigenvalue weighted by Gasteiger charge is 2.43. The van der Waals surface area contributed by atoms with E-state index < -0.39 is 28.0 Å². The molecule has 1 aliphatic rings. The second-order valence-electron chi connectivity index (χ2n) is 5.55. The molecule has 1 aromatic rings. The first-order chi connectivity index (χ1) is 12.1. The zero-order valence-corrected chi connectivity index (χ0v) is 14.8. The number of hydrogen-bond acceptors (Lipinski definition) is 4. The molecule has 140 valence electrons. The minimum atomic E-state index is -4.55. The fourth-order valence-electron chi connectivity index (χ4n) is 2.57. The number of sulfonamides is 1. The van der Waals surface area contributed by atoms with Crippen LogP contribution in [0.3, 0.4) is 0 Å². The number of alkyl halides is 3. The summed E-state index contributed by atoms with van der Waals surface area (Å²) in [6.45, 7) is 5.34. The van der Waals surface area contributed by atoms with Crippen molar-refractivity contribution in [1.29, 1.82) is 0 Å². The molecule has 0 aliphatic carbocycles. The zero-order valence-electron chi connectivity index (χ0n) is 13.9. The molecule has 0 spiro atoms. The number of hydrazone groups is 1. The van der Waals surface area contributed by atoms with Gasteiger partial charge in [0, 0.05) is 6.42 Å². The van der Waals surface area contributed by atoms with Crippen LogP contribution in [0.5, 0.6) is 0 Å². The van der Waals surface area contributed by atoms with Crippen LogP contribution in [0, 0.1) is 0 Å². The summed E-state index contributed by atoms with van der Waals surface area (Å²) in [6, 6.07) is 4.51. The quantitative estimate of drug-likeness (QED) is 0.788. The van der Waals surface area contributed by atoms with Gasteiger partial charge >= 0.3 is 6.18 Å². The molecule has 2 N–H and O–H groups in total. The Morgan fingerprint density at radius 2 is 1.96 bits per heavy atom. The summed E-state index contributed by atoms with van der Waals surface area (Å²) < 4.78 is 62.2. The summed E-state index contributed by atoms with van der Waals surface area (Å²) in [5.41, 5.74) is 0.0135. The molecule has 1 aliphatic heterocycles. The van der Waals surface area contributed by atoms with Crippen molar-refractivity contribution >= 4 is 21.4 Å². The molecule has 0 aromatic heterocycles. The van der Waals surface area contributed by atoms with E-state index in [1.165, 1.54) is 35.4 Å². The van der Waals surface area contributed by atoms with Crippen molar-refractivity contribution in [2.75, 3.05) is 5.01 Å². The molecule has 0 amide bonds. The fourth-order valence-corrected chi connectivity index (χ4v) is 3.09. The minimum Gasteiger partial charge on any atom is -0.257 e. The van der Waals surface area contributed by atoms with Crippen LogP contribution in [0.4, 0.5) is 18.9 Å². The first kappa shape index (κ1) is 19.9. The number of benzene rings is 1. The lowest BCUT2D eigenvalue weighted by molar-refractivity contribution is -0.0599. The number of nitrogens with zero attached hydrogens (tertiary/aromatic N) is 2. The lowest BCUT2D eigenvalue weighted by atomic mass is 10.00. The summed E-state index contributed by atoms with van der Waals surface area (Å²) in [6.07, 6.45) is 1.62. The summed E-state index contributed by atoms with van der Waals surface area (Å²) >= 11 is 0. The predicted octanol–water partition coefficient (Wildman–Crippen LogP) is 3.52. The summed E-state index contributed by atoms with van der Waals surface area (Å²) in [5.74, 6) is 0. The van der Waals surface area contributed by atoms with E-state index in [9.17, 15) is 21.6 Å². The molecule has 1 atom stereocenters. The predicted molar refractivity (Wildman–Crippen MR) is 95.3 cm³/mol. The zero-order chi connectivity index (χ0) is 19.5. The maximum Gasteiger partial charge on any atom is 0.431 e. The molecule has 1 heterocycles. The maximum atomic E-state index is 13.2. The van der Waals surface area contributed by atoms with Crippen LogP contribution in [-0.2, 0) is 10.0 Å². The van der Waals surface area contributed by atoms with Gasteiger partial charge in [-0.2, -0.15) is 18.3 Å². The van der Waals surface area contributed by atoms with E-state index in [0.717, 1.165) is 0 Å². The van der Waals surface area contributed by atoms with Crippen LogP contribution in [-0.4, -0.2) is 26.3 Å². The Kier molecular flexibility index (Phi) is 5.72. The van der Waals surface area contributed by atoms with Crippen molar-refractivity contribution in [2.45, 2.75) is 30.5 Å².